The van der Waals surface area contributed by atoms with Crippen molar-refractivity contribution in [3.8, 4) is 17.1 Å². The van der Waals surface area contributed by atoms with Crippen molar-refractivity contribution >= 4 is 17.4 Å². The molecule has 0 aliphatic rings. The first-order valence-corrected chi connectivity index (χ1v) is 5.48. The van der Waals surface area contributed by atoms with Crippen LogP contribution in [-0.4, -0.2) is 12.3 Å². The summed E-state index contributed by atoms with van der Waals surface area (Å²) < 4.78 is 10.5. The van der Waals surface area contributed by atoms with E-state index in [4.69, 9.17) is 26.6 Å². The lowest BCUT2D eigenvalue weighted by Crippen LogP contribution is -1.93. The largest absolute Gasteiger partial charge is 0.496 e. The molecule has 0 spiro atoms. The van der Waals surface area contributed by atoms with E-state index in [1.54, 1.807) is 13.2 Å². The molecule has 0 fully saturated rings. The van der Waals surface area contributed by atoms with Gasteiger partial charge in [-0.1, -0.05) is 16.8 Å². The Balaban J connectivity index is 2.71. The maximum Gasteiger partial charge on any atom is 0.173 e. The van der Waals surface area contributed by atoms with Gasteiger partial charge in [-0.15, -0.1) is 0 Å². The smallest absolute Gasteiger partial charge is 0.173 e. The van der Waals surface area contributed by atoms with E-state index >= 15 is 0 Å². The topological polar surface area (TPSA) is 61.3 Å². The quantitative estimate of drug-likeness (QED) is 0.892. The Hall–Kier alpha value is -1.68. The minimum absolute atomic E-state index is 0.332. The number of methoxy groups -OCH3 is 1. The molecule has 0 atom stereocenters. The number of halogens is 1. The molecule has 17 heavy (non-hydrogen) atoms. The van der Waals surface area contributed by atoms with E-state index in [9.17, 15) is 0 Å². The summed E-state index contributed by atoms with van der Waals surface area (Å²) in [6, 6.07) is 3.51. The number of hydrogen-bond acceptors (Lipinski definition) is 4. The highest BCUT2D eigenvalue weighted by Crippen LogP contribution is 2.39. The predicted octanol–water partition coefficient (Wildman–Crippen LogP) is 3.20. The number of nitrogens with two attached hydrogens (primary N) is 1. The van der Waals surface area contributed by atoms with Gasteiger partial charge in [0.1, 0.15) is 5.75 Å². The first-order chi connectivity index (χ1) is 8.04. The Morgan fingerprint density at radius 2 is 2.06 bits per heavy atom. The van der Waals surface area contributed by atoms with Gasteiger partial charge >= 0.3 is 0 Å². The summed E-state index contributed by atoms with van der Waals surface area (Å²) >= 11 is 6.22. The summed E-state index contributed by atoms with van der Waals surface area (Å²) in [6.45, 7) is 3.84. The minimum Gasteiger partial charge on any atom is -0.496 e. The van der Waals surface area contributed by atoms with Gasteiger partial charge in [-0.05, 0) is 31.0 Å². The second kappa shape index (κ2) is 4.30. The number of benzene rings is 1. The molecule has 2 aromatic rings. The second-order valence-electron chi connectivity index (χ2n) is 3.83. The monoisotopic (exact) mass is 252 g/mol. The zero-order valence-corrected chi connectivity index (χ0v) is 10.6. The SMILES string of the molecule is COc1cc(C)c(Cl)c(C)c1-c1cc(N)no1. The van der Waals surface area contributed by atoms with Crippen LogP contribution in [0.5, 0.6) is 5.75 Å². The molecule has 5 heteroatoms. The summed E-state index contributed by atoms with van der Waals surface area (Å²) in [5, 5.41) is 4.36. The number of nitrogens with zero attached hydrogens (tertiary/aromatic N) is 1. The van der Waals surface area contributed by atoms with Gasteiger partial charge < -0.3 is 15.0 Å². The Kier molecular flexibility index (Phi) is 2.98. The third kappa shape index (κ3) is 1.96. The predicted molar refractivity (Wildman–Crippen MR) is 67.4 cm³/mol. The zero-order chi connectivity index (χ0) is 12.6. The van der Waals surface area contributed by atoms with Crippen LogP contribution in [0.2, 0.25) is 5.02 Å². The summed E-state index contributed by atoms with van der Waals surface area (Å²) in [7, 11) is 1.60. The summed E-state index contributed by atoms with van der Waals surface area (Å²) in [4.78, 5) is 0. The second-order valence-corrected chi connectivity index (χ2v) is 4.20. The molecule has 0 aliphatic heterocycles. The fourth-order valence-electron chi connectivity index (χ4n) is 1.80. The van der Waals surface area contributed by atoms with Gasteiger partial charge in [0.25, 0.3) is 0 Å². The van der Waals surface area contributed by atoms with Crippen LogP contribution >= 0.6 is 11.6 Å². The van der Waals surface area contributed by atoms with Crippen molar-refractivity contribution in [1.82, 2.24) is 5.16 Å². The van der Waals surface area contributed by atoms with Gasteiger partial charge in [-0.25, -0.2) is 0 Å². The van der Waals surface area contributed by atoms with Crippen LogP contribution in [0.15, 0.2) is 16.7 Å². The molecule has 0 unspecified atom stereocenters. The summed E-state index contributed by atoms with van der Waals surface area (Å²) in [5.41, 5.74) is 8.18. The average Bonchev–Trinajstić information content (AvgIpc) is 2.71. The van der Waals surface area contributed by atoms with Crippen molar-refractivity contribution in [1.29, 1.82) is 0 Å². The third-order valence-corrected chi connectivity index (χ3v) is 3.22. The van der Waals surface area contributed by atoms with Gasteiger partial charge in [0.05, 0.1) is 12.7 Å². The maximum atomic E-state index is 6.22. The Morgan fingerprint density at radius 3 is 2.59 bits per heavy atom. The van der Waals surface area contributed by atoms with Crippen molar-refractivity contribution in [2.75, 3.05) is 12.8 Å². The van der Waals surface area contributed by atoms with Crippen molar-refractivity contribution < 1.29 is 9.26 Å². The highest BCUT2D eigenvalue weighted by Gasteiger charge is 2.17. The van der Waals surface area contributed by atoms with Crippen LogP contribution in [0.1, 0.15) is 11.1 Å². The molecule has 0 saturated carbocycles. The molecule has 0 bridgehead atoms. The Morgan fingerprint density at radius 1 is 1.35 bits per heavy atom. The van der Waals surface area contributed by atoms with Crippen molar-refractivity contribution in [2.24, 2.45) is 0 Å². The van der Waals surface area contributed by atoms with Crippen molar-refractivity contribution in [3.63, 3.8) is 0 Å². The standard InChI is InChI=1S/C12H13ClN2O2/c1-6-4-8(16-3)11(7(2)12(6)13)9-5-10(14)15-17-9/h4-5H,1-3H3,(H2,14,15). The van der Waals surface area contributed by atoms with E-state index in [2.05, 4.69) is 5.16 Å². The lowest BCUT2D eigenvalue weighted by atomic mass is 10.0. The summed E-state index contributed by atoms with van der Waals surface area (Å²) in [5.74, 6) is 1.58. The molecule has 2 N–H and O–H groups in total. The number of ether oxygens (including phenoxy) is 1. The van der Waals surface area contributed by atoms with Crippen LogP contribution in [0.4, 0.5) is 5.82 Å². The van der Waals surface area contributed by atoms with Crippen LogP contribution in [0.3, 0.4) is 0 Å². The Labute approximate surface area is 104 Å². The van der Waals surface area contributed by atoms with Crippen LogP contribution in [-0.2, 0) is 0 Å². The van der Waals surface area contributed by atoms with Gasteiger partial charge in [0.2, 0.25) is 0 Å². The molecule has 0 aliphatic carbocycles. The first-order valence-electron chi connectivity index (χ1n) is 5.11. The number of nitrogen functional groups attached to an aromatic ring is 1. The normalized spacial score (nSPS) is 10.6. The van der Waals surface area contributed by atoms with E-state index in [-0.39, 0.29) is 0 Å². The maximum absolute atomic E-state index is 6.22. The molecular weight excluding hydrogens is 240 g/mol. The zero-order valence-electron chi connectivity index (χ0n) is 9.87. The lowest BCUT2D eigenvalue weighted by molar-refractivity contribution is 0.406. The fraction of sp³-hybridized carbons (Fsp3) is 0.250. The van der Waals surface area contributed by atoms with Gasteiger partial charge in [-0.3, -0.25) is 0 Å². The van der Waals surface area contributed by atoms with Crippen LogP contribution in [0.25, 0.3) is 11.3 Å². The Bertz CT molecular complexity index is 564. The molecule has 0 saturated heterocycles. The van der Waals surface area contributed by atoms with Gasteiger partial charge in [0, 0.05) is 11.1 Å². The molecule has 1 heterocycles. The van der Waals surface area contributed by atoms with Crippen LogP contribution in [0, 0.1) is 13.8 Å². The minimum atomic E-state index is 0.332. The molecule has 0 amide bonds. The fourth-order valence-corrected chi connectivity index (χ4v) is 1.95. The highest BCUT2D eigenvalue weighted by atomic mass is 35.5. The number of anilines is 1. The van der Waals surface area contributed by atoms with Gasteiger partial charge in [-0.2, -0.15) is 0 Å². The average molecular weight is 253 g/mol. The number of aromatic nitrogens is 1. The van der Waals surface area contributed by atoms with Gasteiger partial charge in [0.15, 0.2) is 11.6 Å². The van der Waals surface area contributed by atoms with Crippen molar-refractivity contribution in [3.05, 3.63) is 28.3 Å². The van der Waals surface area contributed by atoms with Crippen LogP contribution < -0.4 is 10.5 Å². The number of hydrogen-bond donors (Lipinski definition) is 1. The molecule has 0 radical (unpaired) electrons. The molecule has 1 aromatic heterocycles. The number of rotatable bonds is 2. The highest BCUT2D eigenvalue weighted by molar-refractivity contribution is 6.32. The lowest BCUT2D eigenvalue weighted by Gasteiger charge is -2.12. The van der Waals surface area contributed by atoms with Crippen molar-refractivity contribution in [2.45, 2.75) is 13.8 Å². The number of aryl methyl sites for hydroxylation is 1. The molecule has 1 aromatic carbocycles. The molecule has 2 rings (SSSR count). The van der Waals surface area contributed by atoms with E-state index in [1.807, 2.05) is 19.9 Å². The van der Waals surface area contributed by atoms with E-state index in [0.717, 1.165) is 16.7 Å². The third-order valence-electron chi connectivity index (χ3n) is 2.64. The van der Waals surface area contributed by atoms with E-state index in [0.29, 0.717) is 22.4 Å². The summed E-state index contributed by atoms with van der Waals surface area (Å²) in [6.07, 6.45) is 0. The van der Waals surface area contributed by atoms with E-state index in [1.165, 1.54) is 0 Å². The molecular formula is C12H13ClN2O2. The molecule has 4 nitrogen and oxygen atoms in total. The van der Waals surface area contributed by atoms with E-state index < -0.39 is 0 Å². The molecule has 90 valence electrons. The first kappa shape index (κ1) is 11.8.